The van der Waals surface area contributed by atoms with E-state index in [1.807, 2.05) is 19.0 Å². The number of hydrogen-bond acceptors (Lipinski definition) is 4. The van der Waals surface area contributed by atoms with Crippen molar-refractivity contribution in [3.63, 3.8) is 0 Å². The lowest BCUT2D eigenvalue weighted by atomic mass is 10.1. The Labute approximate surface area is 151 Å². The van der Waals surface area contributed by atoms with Crippen LogP contribution in [0.4, 0.5) is 15.8 Å². The van der Waals surface area contributed by atoms with Gasteiger partial charge < -0.3 is 19.9 Å². The Bertz CT molecular complexity index is 839. The molecular weight excluding hydrogens is 337 g/mol. The zero-order chi connectivity index (χ0) is 18.7. The smallest absolute Gasteiger partial charge is 0.265 e. The van der Waals surface area contributed by atoms with Crippen molar-refractivity contribution in [1.29, 1.82) is 0 Å². The number of nitrogens with zero attached hydrogens (tertiary/aromatic N) is 2. The van der Waals surface area contributed by atoms with Crippen molar-refractivity contribution in [2.45, 2.75) is 0 Å². The average Bonchev–Trinajstić information content (AvgIpc) is 2.60. The molecule has 2 amide bonds. The van der Waals surface area contributed by atoms with Gasteiger partial charge in [0.05, 0.1) is 5.69 Å². The second-order valence-electron chi connectivity index (χ2n) is 6.28. The zero-order valence-corrected chi connectivity index (χ0v) is 14.7. The van der Waals surface area contributed by atoms with E-state index >= 15 is 0 Å². The fourth-order valence-electron chi connectivity index (χ4n) is 2.66. The standard InChI is InChI=1S/C19H20FN3O3/c1-22(2)8-9-23-16-7-6-15(11-17(16)26-12-18(23)24)21-19(25)13-4-3-5-14(20)10-13/h3-7,10-11H,8-9,12H2,1-2H3,(H,21,25). The first-order chi connectivity index (χ1) is 12.4. The average molecular weight is 357 g/mol. The third kappa shape index (κ3) is 4.00. The molecule has 26 heavy (non-hydrogen) atoms. The minimum absolute atomic E-state index is 0.0400. The summed E-state index contributed by atoms with van der Waals surface area (Å²) in [6, 6.07) is 10.6. The van der Waals surface area contributed by atoms with Crippen LogP contribution >= 0.6 is 0 Å². The van der Waals surface area contributed by atoms with Crippen molar-refractivity contribution in [3.05, 3.63) is 53.8 Å². The molecule has 2 aromatic rings. The Morgan fingerprint density at radius 2 is 2.08 bits per heavy atom. The highest BCUT2D eigenvalue weighted by Crippen LogP contribution is 2.34. The summed E-state index contributed by atoms with van der Waals surface area (Å²) < 4.78 is 18.8. The number of amides is 2. The summed E-state index contributed by atoms with van der Waals surface area (Å²) in [6.07, 6.45) is 0. The molecule has 0 fully saturated rings. The molecule has 6 nitrogen and oxygen atoms in total. The van der Waals surface area contributed by atoms with Crippen LogP contribution < -0.4 is 15.0 Å². The number of benzene rings is 2. The summed E-state index contributed by atoms with van der Waals surface area (Å²) in [5, 5.41) is 2.71. The Hall–Kier alpha value is -2.93. The molecular formula is C19H20FN3O3. The maximum absolute atomic E-state index is 13.3. The molecule has 0 aromatic heterocycles. The largest absolute Gasteiger partial charge is 0.481 e. The molecule has 0 aliphatic carbocycles. The van der Waals surface area contributed by atoms with Gasteiger partial charge in [0.1, 0.15) is 11.6 Å². The Balaban J connectivity index is 1.78. The number of carbonyl (C=O) groups excluding carboxylic acids is 2. The maximum Gasteiger partial charge on any atom is 0.265 e. The number of likely N-dealkylation sites (N-methyl/N-ethyl adjacent to an activating group) is 1. The monoisotopic (exact) mass is 357 g/mol. The highest BCUT2D eigenvalue weighted by atomic mass is 19.1. The van der Waals surface area contributed by atoms with Crippen LogP contribution in [-0.2, 0) is 4.79 Å². The van der Waals surface area contributed by atoms with Crippen molar-refractivity contribution in [2.75, 3.05) is 44.0 Å². The molecule has 0 atom stereocenters. The van der Waals surface area contributed by atoms with E-state index in [0.29, 0.717) is 23.7 Å². The normalized spacial score (nSPS) is 13.4. The minimum atomic E-state index is -0.471. The molecule has 0 saturated carbocycles. The quantitative estimate of drug-likeness (QED) is 0.892. The summed E-state index contributed by atoms with van der Waals surface area (Å²) in [6.45, 7) is 1.24. The van der Waals surface area contributed by atoms with Gasteiger partial charge in [-0.3, -0.25) is 9.59 Å². The first-order valence-electron chi connectivity index (χ1n) is 8.23. The molecule has 0 unspecified atom stereocenters. The van der Waals surface area contributed by atoms with E-state index < -0.39 is 11.7 Å². The molecule has 0 radical (unpaired) electrons. The number of halogens is 1. The number of nitrogens with one attached hydrogen (secondary N) is 1. The second kappa shape index (κ2) is 7.53. The summed E-state index contributed by atoms with van der Waals surface area (Å²) in [5.41, 5.74) is 1.42. The highest BCUT2D eigenvalue weighted by molar-refractivity contribution is 6.05. The van der Waals surface area contributed by atoms with E-state index in [-0.39, 0.29) is 18.1 Å². The maximum atomic E-state index is 13.3. The first-order valence-corrected chi connectivity index (χ1v) is 8.23. The van der Waals surface area contributed by atoms with Gasteiger partial charge in [-0.15, -0.1) is 0 Å². The number of rotatable bonds is 5. The number of ether oxygens (including phenoxy) is 1. The lowest BCUT2D eigenvalue weighted by Gasteiger charge is -2.30. The molecule has 0 bridgehead atoms. The van der Waals surface area contributed by atoms with Crippen LogP contribution in [0.5, 0.6) is 5.75 Å². The summed E-state index contributed by atoms with van der Waals surface area (Å²) in [7, 11) is 3.88. The predicted molar refractivity (Wildman–Crippen MR) is 97.2 cm³/mol. The minimum Gasteiger partial charge on any atom is -0.481 e. The third-order valence-corrected chi connectivity index (χ3v) is 4.02. The number of fused-ring (bicyclic) bond motifs is 1. The van der Waals surface area contributed by atoms with E-state index in [4.69, 9.17) is 4.74 Å². The molecule has 136 valence electrons. The lowest BCUT2D eigenvalue weighted by Crippen LogP contribution is -2.42. The molecule has 2 aromatic carbocycles. The Morgan fingerprint density at radius 1 is 1.27 bits per heavy atom. The van der Waals surface area contributed by atoms with Gasteiger partial charge >= 0.3 is 0 Å². The van der Waals surface area contributed by atoms with Crippen molar-refractivity contribution in [2.24, 2.45) is 0 Å². The lowest BCUT2D eigenvalue weighted by molar-refractivity contribution is -0.121. The van der Waals surface area contributed by atoms with Crippen molar-refractivity contribution < 1.29 is 18.7 Å². The van der Waals surface area contributed by atoms with Gasteiger partial charge in [-0.05, 0) is 44.4 Å². The molecule has 3 rings (SSSR count). The van der Waals surface area contributed by atoms with E-state index in [9.17, 15) is 14.0 Å². The zero-order valence-electron chi connectivity index (χ0n) is 14.7. The van der Waals surface area contributed by atoms with Crippen molar-refractivity contribution >= 4 is 23.2 Å². The Morgan fingerprint density at radius 3 is 2.81 bits per heavy atom. The van der Waals surface area contributed by atoms with Gasteiger partial charge in [0, 0.05) is 30.4 Å². The molecule has 1 aliphatic rings. The molecule has 7 heteroatoms. The van der Waals surface area contributed by atoms with Gasteiger partial charge in [-0.2, -0.15) is 0 Å². The second-order valence-corrected chi connectivity index (χ2v) is 6.28. The van der Waals surface area contributed by atoms with Gasteiger partial charge in [0.25, 0.3) is 11.8 Å². The third-order valence-electron chi connectivity index (χ3n) is 4.02. The first kappa shape index (κ1) is 17.9. The summed E-state index contributed by atoms with van der Waals surface area (Å²) in [5.74, 6) is -0.460. The van der Waals surface area contributed by atoms with Gasteiger partial charge in [-0.1, -0.05) is 6.07 Å². The number of anilines is 2. The number of hydrogen-bond donors (Lipinski definition) is 1. The SMILES string of the molecule is CN(C)CCN1C(=O)COc2cc(NC(=O)c3cccc(F)c3)ccc21. The van der Waals surface area contributed by atoms with Gasteiger partial charge in [-0.25, -0.2) is 4.39 Å². The van der Waals surface area contributed by atoms with E-state index in [1.54, 1.807) is 23.1 Å². The van der Waals surface area contributed by atoms with E-state index in [0.717, 1.165) is 6.54 Å². The molecule has 1 heterocycles. The van der Waals surface area contributed by atoms with Gasteiger partial charge in [0.15, 0.2) is 6.61 Å². The van der Waals surface area contributed by atoms with Crippen LogP contribution in [0.15, 0.2) is 42.5 Å². The molecule has 1 aliphatic heterocycles. The van der Waals surface area contributed by atoms with Crippen molar-refractivity contribution in [1.82, 2.24) is 4.90 Å². The van der Waals surface area contributed by atoms with E-state index in [2.05, 4.69) is 5.32 Å². The van der Waals surface area contributed by atoms with Crippen LogP contribution in [0, 0.1) is 5.82 Å². The topological polar surface area (TPSA) is 61.9 Å². The molecule has 0 spiro atoms. The van der Waals surface area contributed by atoms with Crippen LogP contribution in [0.1, 0.15) is 10.4 Å². The summed E-state index contributed by atoms with van der Waals surface area (Å²) >= 11 is 0. The predicted octanol–water partition coefficient (Wildman–Crippen LogP) is 2.37. The summed E-state index contributed by atoms with van der Waals surface area (Å²) in [4.78, 5) is 28.0. The van der Waals surface area contributed by atoms with E-state index in [1.165, 1.54) is 24.3 Å². The fourth-order valence-corrected chi connectivity index (χ4v) is 2.66. The van der Waals surface area contributed by atoms with Crippen LogP contribution in [0.2, 0.25) is 0 Å². The molecule has 1 N–H and O–H groups in total. The van der Waals surface area contributed by atoms with Crippen molar-refractivity contribution in [3.8, 4) is 5.75 Å². The van der Waals surface area contributed by atoms with Crippen LogP contribution in [0.3, 0.4) is 0 Å². The molecule has 0 saturated heterocycles. The fraction of sp³-hybridized carbons (Fsp3) is 0.263. The Kier molecular flexibility index (Phi) is 5.18. The number of carbonyl (C=O) groups is 2. The van der Waals surface area contributed by atoms with Gasteiger partial charge in [0.2, 0.25) is 0 Å². The van der Waals surface area contributed by atoms with Crippen LogP contribution in [-0.4, -0.2) is 50.5 Å². The highest BCUT2D eigenvalue weighted by Gasteiger charge is 2.25. The van der Waals surface area contributed by atoms with Crippen LogP contribution in [0.25, 0.3) is 0 Å².